The molecule has 19 heavy (non-hydrogen) atoms. The summed E-state index contributed by atoms with van der Waals surface area (Å²) in [7, 11) is 1.37. The maximum Gasteiger partial charge on any atom is 0.340 e. The molecule has 1 aromatic heterocycles. The number of aromatic nitrogens is 1. The Morgan fingerprint density at radius 3 is 2.89 bits per heavy atom. The van der Waals surface area contributed by atoms with Crippen molar-refractivity contribution in [3.63, 3.8) is 0 Å². The van der Waals surface area contributed by atoms with Gasteiger partial charge in [0.2, 0.25) is 0 Å². The van der Waals surface area contributed by atoms with E-state index in [1.165, 1.54) is 7.11 Å². The third-order valence-electron chi connectivity index (χ3n) is 2.38. The van der Waals surface area contributed by atoms with Crippen LogP contribution in [-0.4, -0.2) is 18.1 Å². The lowest BCUT2D eigenvalue weighted by molar-refractivity contribution is 0.0601. The molecule has 0 atom stereocenters. The molecule has 0 radical (unpaired) electrons. The maximum atomic E-state index is 11.8. The van der Waals surface area contributed by atoms with E-state index in [4.69, 9.17) is 4.74 Å². The number of rotatable bonds is 4. The van der Waals surface area contributed by atoms with Gasteiger partial charge in [0.05, 0.1) is 30.4 Å². The number of hydrogen-bond donors (Lipinski definition) is 1. The number of hydrogen-bond acceptors (Lipinski definition) is 5. The van der Waals surface area contributed by atoms with E-state index in [0.29, 0.717) is 17.8 Å². The number of benzene rings is 1. The zero-order chi connectivity index (χ0) is 13.8. The highest BCUT2D eigenvalue weighted by atomic mass is 79.9. The Morgan fingerprint density at radius 2 is 2.26 bits per heavy atom. The van der Waals surface area contributed by atoms with Crippen LogP contribution in [0.25, 0.3) is 0 Å². The summed E-state index contributed by atoms with van der Waals surface area (Å²) in [6.45, 7) is 0.606. The fraction of sp³-hybridized carbons (Fsp3) is 0.167. The quantitative estimate of drug-likeness (QED) is 0.779. The summed E-state index contributed by atoms with van der Waals surface area (Å²) in [5.74, 6) is -0.381. The average Bonchev–Trinajstić information content (AvgIpc) is 2.89. The second-order valence-corrected chi connectivity index (χ2v) is 6.36. The molecule has 0 unspecified atom stereocenters. The Labute approximate surface area is 131 Å². The molecular formula is C12H10Br2N2O2S. The Kier molecular flexibility index (Phi) is 4.95. The van der Waals surface area contributed by atoms with E-state index < -0.39 is 0 Å². The van der Waals surface area contributed by atoms with E-state index in [-0.39, 0.29) is 5.97 Å². The summed E-state index contributed by atoms with van der Waals surface area (Å²) in [5, 5.41) is 3.23. The van der Waals surface area contributed by atoms with Crippen molar-refractivity contribution in [1.82, 2.24) is 4.98 Å². The van der Waals surface area contributed by atoms with Gasteiger partial charge in [-0.25, -0.2) is 4.79 Å². The third kappa shape index (κ3) is 3.55. The van der Waals surface area contributed by atoms with Gasteiger partial charge in [0.1, 0.15) is 0 Å². The van der Waals surface area contributed by atoms with Crippen LogP contribution in [0.1, 0.15) is 15.2 Å². The molecule has 0 spiro atoms. The standard InChI is InChI=1S/C12H10Br2N2O2S/c1-18-12(17)9-2-7(13)3-10(14)11(9)16-5-8-4-15-6-19-8/h2-4,6,16H,5H2,1H3. The topological polar surface area (TPSA) is 51.2 Å². The van der Waals surface area contributed by atoms with Crippen LogP contribution in [0.5, 0.6) is 0 Å². The van der Waals surface area contributed by atoms with Gasteiger partial charge < -0.3 is 10.1 Å². The predicted molar refractivity (Wildman–Crippen MR) is 82.6 cm³/mol. The van der Waals surface area contributed by atoms with E-state index >= 15 is 0 Å². The van der Waals surface area contributed by atoms with Crippen molar-refractivity contribution in [3.05, 3.63) is 43.2 Å². The molecule has 7 heteroatoms. The van der Waals surface area contributed by atoms with Crippen LogP contribution in [0.4, 0.5) is 5.69 Å². The molecule has 0 amide bonds. The predicted octanol–water partition coefficient (Wildman–Crippen LogP) is 4.07. The van der Waals surface area contributed by atoms with Crippen LogP contribution >= 0.6 is 43.2 Å². The number of esters is 1. The Balaban J connectivity index is 2.29. The molecule has 1 heterocycles. The van der Waals surface area contributed by atoms with Gasteiger partial charge in [0, 0.05) is 20.0 Å². The Morgan fingerprint density at radius 1 is 1.47 bits per heavy atom. The molecule has 1 N–H and O–H groups in total. The number of methoxy groups -OCH3 is 1. The molecule has 2 rings (SSSR count). The molecule has 100 valence electrons. The number of ether oxygens (including phenoxy) is 1. The summed E-state index contributed by atoms with van der Waals surface area (Å²) >= 11 is 8.37. The summed E-state index contributed by atoms with van der Waals surface area (Å²) in [6, 6.07) is 3.60. The SMILES string of the molecule is COC(=O)c1cc(Br)cc(Br)c1NCc1cncs1. The minimum atomic E-state index is -0.381. The summed E-state index contributed by atoms with van der Waals surface area (Å²) in [4.78, 5) is 16.9. The number of halogens is 2. The van der Waals surface area contributed by atoms with Crippen molar-refractivity contribution >= 4 is 54.9 Å². The Hall–Kier alpha value is -0.920. The largest absolute Gasteiger partial charge is 0.465 e. The monoisotopic (exact) mass is 404 g/mol. The normalized spacial score (nSPS) is 10.3. The lowest BCUT2D eigenvalue weighted by atomic mass is 10.2. The van der Waals surface area contributed by atoms with E-state index in [1.54, 1.807) is 29.1 Å². The first-order chi connectivity index (χ1) is 9.11. The highest BCUT2D eigenvalue weighted by molar-refractivity contribution is 9.11. The fourth-order valence-corrected chi connectivity index (χ4v) is 3.43. The van der Waals surface area contributed by atoms with Gasteiger partial charge in [-0.3, -0.25) is 4.98 Å². The smallest absolute Gasteiger partial charge is 0.340 e. The average molecular weight is 406 g/mol. The number of nitrogens with zero attached hydrogens (tertiary/aromatic N) is 1. The fourth-order valence-electron chi connectivity index (χ4n) is 1.53. The highest BCUT2D eigenvalue weighted by Gasteiger charge is 2.16. The lowest BCUT2D eigenvalue weighted by Crippen LogP contribution is -2.08. The number of anilines is 1. The van der Waals surface area contributed by atoms with Crippen molar-refractivity contribution in [1.29, 1.82) is 0 Å². The second kappa shape index (κ2) is 6.49. The molecule has 0 aliphatic rings. The molecule has 0 saturated heterocycles. The first kappa shape index (κ1) is 14.5. The molecule has 0 aliphatic heterocycles. The van der Waals surface area contributed by atoms with E-state index in [0.717, 1.165) is 13.8 Å². The van der Waals surface area contributed by atoms with Crippen LogP contribution in [0.2, 0.25) is 0 Å². The number of carbonyl (C=O) groups is 1. The van der Waals surface area contributed by atoms with Gasteiger partial charge in [-0.1, -0.05) is 15.9 Å². The van der Waals surface area contributed by atoms with Crippen molar-refractivity contribution in [2.45, 2.75) is 6.54 Å². The van der Waals surface area contributed by atoms with E-state index in [2.05, 4.69) is 42.2 Å². The van der Waals surface area contributed by atoms with Gasteiger partial charge in [0.15, 0.2) is 0 Å². The van der Waals surface area contributed by atoms with Crippen LogP contribution in [0.15, 0.2) is 32.8 Å². The Bertz CT molecular complexity index is 588. The van der Waals surface area contributed by atoms with Gasteiger partial charge in [-0.15, -0.1) is 11.3 Å². The molecule has 0 bridgehead atoms. The van der Waals surface area contributed by atoms with Crippen molar-refractivity contribution in [3.8, 4) is 0 Å². The van der Waals surface area contributed by atoms with Gasteiger partial charge in [-0.05, 0) is 28.1 Å². The van der Waals surface area contributed by atoms with Crippen LogP contribution < -0.4 is 5.32 Å². The molecule has 4 nitrogen and oxygen atoms in total. The van der Waals surface area contributed by atoms with Gasteiger partial charge >= 0.3 is 5.97 Å². The van der Waals surface area contributed by atoms with Crippen molar-refractivity contribution in [2.24, 2.45) is 0 Å². The lowest BCUT2D eigenvalue weighted by Gasteiger charge is -2.12. The molecular weight excluding hydrogens is 396 g/mol. The van der Waals surface area contributed by atoms with Crippen LogP contribution in [-0.2, 0) is 11.3 Å². The molecule has 0 fully saturated rings. The first-order valence-electron chi connectivity index (χ1n) is 5.30. The van der Waals surface area contributed by atoms with Crippen molar-refractivity contribution < 1.29 is 9.53 Å². The summed E-state index contributed by atoms with van der Waals surface area (Å²) in [6.07, 6.45) is 1.79. The zero-order valence-electron chi connectivity index (χ0n) is 9.94. The molecule has 1 aromatic carbocycles. The first-order valence-corrected chi connectivity index (χ1v) is 7.77. The summed E-state index contributed by atoms with van der Waals surface area (Å²) < 4.78 is 6.40. The van der Waals surface area contributed by atoms with Crippen LogP contribution in [0, 0.1) is 0 Å². The minimum Gasteiger partial charge on any atom is -0.465 e. The van der Waals surface area contributed by atoms with Gasteiger partial charge in [-0.2, -0.15) is 0 Å². The molecule has 0 saturated carbocycles. The minimum absolute atomic E-state index is 0.381. The second-order valence-electron chi connectivity index (χ2n) is 3.62. The van der Waals surface area contributed by atoms with E-state index in [9.17, 15) is 4.79 Å². The van der Waals surface area contributed by atoms with E-state index in [1.807, 2.05) is 6.07 Å². The molecule has 0 aliphatic carbocycles. The number of nitrogens with one attached hydrogen (secondary N) is 1. The number of thiazole rings is 1. The molecule has 2 aromatic rings. The maximum absolute atomic E-state index is 11.8. The van der Waals surface area contributed by atoms with Gasteiger partial charge in [0.25, 0.3) is 0 Å². The van der Waals surface area contributed by atoms with Crippen LogP contribution in [0.3, 0.4) is 0 Å². The zero-order valence-corrected chi connectivity index (χ0v) is 13.9. The highest BCUT2D eigenvalue weighted by Crippen LogP contribution is 2.31. The summed E-state index contributed by atoms with van der Waals surface area (Å²) in [5.41, 5.74) is 2.96. The third-order valence-corrected chi connectivity index (χ3v) is 4.25. The van der Waals surface area contributed by atoms with Crippen molar-refractivity contribution in [2.75, 3.05) is 12.4 Å². The number of carbonyl (C=O) groups excluding carboxylic acids is 1.